The second-order valence-corrected chi connectivity index (χ2v) is 6.88. The van der Waals surface area contributed by atoms with Crippen LogP contribution in [0.2, 0.25) is 0 Å². The molecule has 4 N–H and O–H groups in total. The van der Waals surface area contributed by atoms with Crippen molar-refractivity contribution in [3.63, 3.8) is 0 Å². The molecule has 0 saturated heterocycles. The molecule has 0 heterocycles. The Kier molecular flexibility index (Phi) is 8.04. The minimum absolute atomic E-state index is 0.242. The predicted molar refractivity (Wildman–Crippen MR) is 86.6 cm³/mol. The maximum Gasteiger partial charge on any atom is 0.144 e. The Bertz CT molecular complexity index is 313. The molecular weight excluding hydrogens is 266 g/mol. The van der Waals surface area contributed by atoms with Gasteiger partial charge in [-0.05, 0) is 32.2 Å². The molecule has 0 spiro atoms. The Morgan fingerprint density at radius 2 is 1.86 bits per heavy atom. The lowest BCUT2D eigenvalue weighted by atomic mass is 9.86. The lowest BCUT2D eigenvalue weighted by molar-refractivity contribution is 0.121. The van der Waals surface area contributed by atoms with Crippen molar-refractivity contribution in [3.05, 3.63) is 0 Å². The van der Waals surface area contributed by atoms with Gasteiger partial charge < -0.3 is 16.0 Å². The quantitative estimate of drug-likeness (QED) is 0.201. The first kappa shape index (κ1) is 18.2. The van der Waals surface area contributed by atoms with E-state index in [1.54, 1.807) is 0 Å². The van der Waals surface area contributed by atoms with Gasteiger partial charge in [-0.15, -0.1) is 0 Å². The fourth-order valence-corrected chi connectivity index (χ4v) is 3.20. The van der Waals surface area contributed by atoms with E-state index in [1.807, 2.05) is 13.8 Å². The van der Waals surface area contributed by atoms with Gasteiger partial charge in [-0.1, -0.05) is 44.7 Å². The molecule has 21 heavy (non-hydrogen) atoms. The Balaban J connectivity index is 2.33. The van der Waals surface area contributed by atoms with Crippen LogP contribution in [0.15, 0.2) is 5.16 Å². The van der Waals surface area contributed by atoms with Gasteiger partial charge in [0.15, 0.2) is 0 Å². The van der Waals surface area contributed by atoms with Crippen LogP contribution in [-0.4, -0.2) is 46.8 Å². The zero-order chi connectivity index (χ0) is 15.7. The third-order valence-electron chi connectivity index (χ3n) is 4.78. The number of nitrogens with zero attached hydrogens (tertiary/aromatic N) is 2. The third kappa shape index (κ3) is 6.22. The number of hydrogen-bond donors (Lipinski definition) is 3. The molecule has 1 rings (SSSR count). The van der Waals surface area contributed by atoms with E-state index in [4.69, 9.17) is 10.9 Å². The molecule has 1 aliphatic carbocycles. The van der Waals surface area contributed by atoms with Crippen molar-refractivity contribution >= 4 is 5.84 Å². The maximum absolute atomic E-state index is 9.26. The molecular formula is C16H33N3O2. The molecule has 0 aromatic rings. The highest BCUT2D eigenvalue weighted by molar-refractivity contribution is 5.85. The Morgan fingerprint density at radius 3 is 2.43 bits per heavy atom. The molecule has 0 aliphatic heterocycles. The maximum atomic E-state index is 9.26. The van der Waals surface area contributed by atoms with E-state index in [9.17, 15) is 5.11 Å². The number of oxime groups is 1. The SMILES string of the molecule is CC(C)(CCCCN(CCO)C1CCCCC1)C(N)=NO. The van der Waals surface area contributed by atoms with Crippen molar-refractivity contribution in [1.82, 2.24) is 4.90 Å². The summed E-state index contributed by atoms with van der Waals surface area (Å²) in [5, 5.41) is 21.2. The minimum atomic E-state index is -0.249. The van der Waals surface area contributed by atoms with Crippen molar-refractivity contribution in [2.24, 2.45) is 16.3 Å². The van der Waals surface area contributed by atoms with Crippen molar-refractivity contribution < 1.29 is 10.3 Å². The molecule has 0 bridgehead atoms. The average Bonchev–Trinajstić information content (AvgIpc) is 2.50. The lowest BCUT2D eigenvalue weighted by Crippen LogP contribution is -2.39. The molecule has 0 unspecified atom stereocenters. The Morgan fingerprint density at radius 1 is 1.19 bits per heavy atom. The van der Waals surface area contributed by atoms with Gasteiger partial charge >= 0.3 is 0 Å². The number of rotatable bonds is 9. The van der Waals surface area contributed by atoms with Crippen LogP contribution in [0.25, 0.3) is 0 Å². The fraction of sp³-hybridized carbons (Fsp3) is 0.938. The van der Waals surface area contributed by atoms with Crippen molar-refractivity contribution in [1.29, 1.82) is 0 Å². The van der Waals surface area contributed by atoms with Gasteiger partial charge in [0, 0.05) is 18.0 Å². The van der Waals surface area contributed by atoms with Crippen molar-refractivity contribution in [2.45, 2.75) is 71.3 Å². The second kappa shape index (κ2) is 9.26. The number of hydrogen-bond acceptors (Lipinski definition) is 4. The van der Waals surface area contributed by atoms with Crippen LogP contribution < -0.4 is 5.73 Å². The first-order chi connectivity index (χ1) is 10.0. The van der Waals surface area contributed by atoms with Crippen LogP contribution in [0, 0.1) is 5.41 Å². The largest absolute Gasteiger partial charge is 0.409 e. The summed E-state index contributed by atoms with van der Waals surface area (Å²) >= 11 is 0. The standard InChI is InChI=1S/C16H33N3O2/c1-16(2,15(17)18-21)10-6-7-11-19(12-13-20)14-8-4-3-5-9-14/h14,20-21H,3-13H2,1-2H3,(H2,17,18). The Labute approximate surface area is 129 Å². The Hall–Kier alpha value is -0.810. The van der Waals surface area contributed by atoms with Crippen LogP contribution in [-0.2, 0) is 0 Å². The fourth-order valence-electron chi connectivity index (χ4n) is 3.20. The minimum Gasteiger partial charge on any atom is -0.409 e. The van der Waals surface area contributed by atoms with Gasteiger partial charge in [-0.25, -0.2) is 0 Å². The van der Waals surface area contributed by atoms with E-state index < -0.39 is 0 Å². The molecule has 0 atom stereocenters. The first-order valence-corrected chi connectivity index (χ1v) is 8.34. The summed E-state index contributed by atoms with van der Waals surface area (Å²) < 4.78 is 0. The molecule has 5 nitrogen and oxygen atoms in total. The second-order valence-electron chi connectivity index (χ2n) is 6.88. The zero-order valence-electron chi connectivity index (χ0n) is 13.7. The number of amidine groups is 1. The van der Waals surface area contributed by atoms with E-state index in [0.29, 0.717) is 11.9 Å². The summed E-state index contributed by atoms with van der Waals surface area (Å²) in [5.41, 5.74) is 5.47. The predicted octanol–water partition coefficient (Wildman–Crippen LogP) is 2.56. The molecule has 5 heteroatoms. The van der Waals surface area contributed by atoms with Crippen LogP contribution in [0.5, 0.6) is 0 Å². The summed E-state index contributed by atoms with van der Waals surface area (Å²) in [4.78, 5) is 2.45. The number of aliphatic hydroxyl groups is 1. The van der Waals surface area contributed by atoms with Gasteiger partial charge in [0.05, 0.1) is 6.61 Å². The monoisotopic (exact) mass is 299 g/mol. The molecule has 124 valence electrons. The summed E-state index contributed by atoms with van der Waals surface area (Å²) in [6, 6.07) is 0.656. The van der Waals surface area contributed by atoms with Crippen molar-refractivity contribution in [3.8, 4) is 0 Å². The summed E-state index contributed by atoms with van der Waals surface area (Å²) in [7, 11) is 0. The van der Waals surface area contributed by atoms with Crippen LogP contribution in [0.3, 0.4) is 0 Å². The van der Waals surface area contributed by atoms with Crippen LogP contribution >= 0.6 is 0 Å². The van der Waals surface area contributed by atoms with Crippen LogP contribution in [0.4, 0.5) is 0 Å². The van der Waals surface area contributed by atoms with E-state index >= 15 is 0 Å². The molecule has 0 amide bonds. The van der Waals surface area contributed by atoms with Gasteiger partial charge in [-0.3, -0.25) is 4.90 Å². The van der Waals surface area contributed by atoms with E-state index in [1.165, 1.54) is 32.1 Å². The molecule has 1 aliphatic rings. The topological polar surface area (TPSA) is 82.1 Å². The smallest absolute Gasteiger partial charge is 0.144 e. The van der Waals surface area contributed by atoms with E-state index in [0.717, 1.165) is 32.4 Å². The number of unbranched alkanes of at least 4 members (excludes halogenated alkanes) is 1. The summed E-state index contributed by atoms with van der Waals surface area (Å²) in [5.74, 6) is 0.307. The summed E-state index contributed by atoms with van der Waals surface area (Å²) in [6.45, 7) is 6.08. The molecule has 0 aromatic carbocycles. The molecule has 0 radical (unpaired) electrons. The molecule has 1 saturated carbocycles. The summed E-state index contributed by atoms with van der Waals surface area (Å²) in [6.07, 6.45) is 9.62. The first-order valence-electron chi connectivity index (χ1n) is 8.34. The molecule has 1 fully saturated rings. The van der Waals surface area contributed by atoms with Crippen LogP contribution in [0.1, 0.15) is 65.2 Å². The third-order valence-corrected chi connectivity index (χ3v) is 4.78. The normalized spacial score (nSPS) is 18.4. The van der Waals surface area contributed by atoms with Gasteiger partial charge in [-0.2, -0.15) is 0 Å². The zero-order valence-corrected chi connectivity index (χ0v) is 13.7. The van der Waals surface area contributed by atoms with Crippen molar-refractivity contribution in [2.75, 3.05) is 19.7 Å². The van der Waals surface area contributed by atoms with Gasteiger partial charge in [0.2, 0.25) is 0 Å². The highest BCUT2D eigenvalue weighted by Crippen LogP contribution is 2.25. The van der Waals surface area contributed by atoms with Gasteiger partial charge in [0.1, 0.15) is 5.84 Å². The highest BCUT2D eigenvalue weighted by atomic mass is 16.4. The highest BCUT2D eigenvalue weighted by Gasteiger charge is 2.24. The lowest BCUT2D eigenvalue weighted by Gasteiger charge is -2.34. The number of aliphatic hydroxyl groups excluding tert-OH is 1. The van der Waals surface area contributed by atoms with Gasteiger partial charge in [0.25, 0.3) is 0 Å². The number of nitrogens with two attached hydrogens (primary N) is 1. The van der Waals surface area contributed by atoms with E-state index in [2.05, 4.69) is 10.1 Å². The van der Waals surface area contributed by atoms with E-state index in [-0.39, 0.29) is 12.0 Å². The average molecular weight is 299 g/mol. The molecule has 0 aromatic heterocycles.